The molecule has 0 saturated heterocycles. The maximum atomic E-state index is 12.8. The molecule has 0 aliphatic heterocycles. The third kappa shape index (κ3) is 3.15. The number of carboxylic acids is 1. The van der Waals surface area contributed by atoms with Gasteiger partial charge in [-0.2, -0.15) is 8.78 Å². The fraction of sp³-hybridized carbons (Fsp3) is 0.417. The van der Waals surface area contributed by atoms with E-state index in [1.165, 1.54) is 12.1 Å². The number of aliphatic carboxylic acids is 1. The van der Waals surface area contributed by atoms with Crippen molar-refractivity contribution in [3.8, 4) is 5.75 Å². The van der Waals surface area contributed by atoms with Crippen molar-refractivity contribution >= 4 is 5.97 Å². The molecule has 0 amide bonds. The molecule has 0 spiro atoms. The number of halogens is 2. The molecule has 1 aromatic carbocycles. The zero-order valence-corrected chi connectivity index (χ0v) is 9.83. The molecule has 94 valence electrons. The minimum atomic E-state index is -4.20. The number of alkyl halides is 2. The third-order valence-corrected chi connectivity index (χ3v) is 2.36. The Morgan fingerprint density at radius 2 is 2.00 bits per heavy atom. The van der Waals surface area contributed by atoms with Crippen LogP contribution in [0, 0.1) is 6.92 Å². The van der Waals surface area contributed by atoms with Gasteiger partial charge in [-0.25, -0.2) is 4.79 Å². The molecule has 0 bridgehead atoms. The fourth-order valence-electron chi connectivity index (χ4n) is 1.55. The number of carbonyl (C=O) groups is 1. The Labute approximate surface area is 98.0 Å². The first-order valence-electron chi connectivity index (χ1n) is 5.15. The summed E-state index contributed by atoms with van der Waals surface area (Å²) in [6.45, 7) is 5.73. The minimum absolute atomic E-state index is 0.153. The number of hydrogen-bond donors (Lipinski definition) is 1. The Kier molecular flexibility index (Phi) is 3.70. The normalized spacial score (nSPS) is 11.6. The first-order chi connectivity index (χ1) is 7.74. The molecule has 0 radical (unpaired) electrons. The van der Waals surface area contributed by atoms with Gasteiger partial charge in [0.1, 0.15) is 5.75 Å². The van der Waals surface area contributed by atoms with Gasteiger partial charge in [0.2, 0.25) is 0 Å². The van der Waals surface area contributed by atoms with Crippen LogP contribution in [0.1, 0.15) is 30.9 Å². The molecule has 0 saturated carbocycles. The number of hydrogen-bond acceptors (Lipinski definition) is 2. The summed E-state index contributed by atoms with van der Waals surface area (Å²) >= 11 is 0. The first kappa shape index (κ1) is 13.4. The molecule has 0 unspecified atom stereocenters. The van der Waals surface area contributed by atoms with Crippen molar-refractivity contribution in [1.82, 2.24) is 0 Å². The lowest BCUT2D eigenvalue weighted by molar-refractivity contribution is -0.210. The van der Waals surface area contributed by atoms with E-state index >= 15 is 0 Å². The number of rotatable bonds is 4. The number of carboxylic acid groups (broad SMARTS) is 1. The summed E-state index contributed by atoms with van der Waals surface area (Å²) in [7, 11) is 0. The Balaban J connectivity index is 2.96. The van der Waals surface area contributed by atoms with E-state index in [1.54, 1.807) is 13.0 Å². The van der Waals surface area contributed by atoms with Crippen molar-refractivity contribution in [2.45, 2.75) is 32.8 Å². The predicted molar refractivity (Wildman–Crippen MR) is 58.5 cm³/mol. The highest BCUT2D eigenvalue weighted by Crippen LogP contribution is 2.27. The van der Waals surface area contributed by atoms with Gasteiger partial charge < -0.3 is 9.84 Å². The Bertz CT molecular complexity index is 428. The fourth-order valence-corrected chi connectivity index (χ4v) is 1.55. The van der Waals surface area contributed by atoms with Crippen LogP contribution in [-0.2, 0) is 4.79 Å². The van der Waals surface area contributed by atoms with Crippen molar-refractivity contribution < 1.29 is 23.4 Å². The van der Waals surface area contributed by atoms with Gasteiger partial charge in [-0.15, -0.1) is 0 Å². The lowest BCUT2D eigenvalue weighted by Crippen LogP contribution is -2.34. The average molecular weight is 244 g/mol. The quantitative estimate of drug-likeness (QED) is 0.884. The zero-order chi connectivity index (χ0) is 13.2. The lowest BCUT2D eigenvalue weighted by Gasteiger charge is -2.15. The van der Waals surface area contributed by atoms with Crippen LogP contribution in [0.4, 0.5) is 8.78 Å². The van der Waals surface area contributed by atoms with E-state index in [0.29, 0.717) is 0 Å². The van der Waals surface area contributed by atoms with E-state index < -0.39 is 12.1 Å². The largest absolute Gasteiger partial charge is 0.501 e. The summed E-state index contributed by atoms with van der Waals surface area (Å²) < 4.78 is 29.7. The molecular weight excluding hydrogens is 230 g/mol. The Morgan fingerprint density at radius 3 is 2.41 bits per heavy atom. The highest BCUT2D eigenvalue weighted by atomic mass is 19.3. The average Bonchev–Trinajstić information content (AvgIpc) is 2.15. The molecule has 0 aromatic heterocycles. The molecule has 0 heterocycles. The van der Waals surface area contributed by atoms with Gasteiger partial charge in [0.05, 0.1) is 0 Å². The Morgan fingerprint density at radius 1 is 1.41 bits per heavy atom. The third-order valence-electron chi connectivity index (χ3n) is 2.36. The number of ether oxygens (including phenoxy) is 1. The van der Waals surface area contributed by atoms with Gasteiger partial charge in [0, 0.05) is 0 Å². The van der Waals surface area contributed by atoms with Crippen LogP contribution in [0.25, 0.3) is 0 Å². The van der Waals surface area contributed by atoms with Gasteiger partial charge in [-0.3, -0.25) is 0 Å². The van der Waals surface area contributed by atoms with Crippen LogP contribution in [-0.4, -0.2) is 17.2 Å². The molecule has 1 N–H and O–H groups in total. The minimum Gasteiger partial charge on any atom is -0.474 e. The second-order valence-corrected chi connectivity index (χ2v) is 4.10. The molecule has 3 nitrogen and oxygen atoms in total. The van der Waals surface area contributed by atoms with E-state index in [2.05, 4.69) is 4.74 Å². The van der Waals surface area contributed by atoms with Gasteiger partial charge >= 0.3 is 12.1 Å². The van der Waals surface area contributed by atoms with Gasteiger partial charge in [-0.05, 0) is 36.1 Å². The van der Waals surface area contributed by atoms with Crippen molar-refractivity contribution in [1.29, 1.82) is 0 Å². The SMILES string of the molecule is Cc1cc(OC(F)(F)C(=O)O)ccc1C(C)C. The Hall–Kier alpha value is -1.65. The molecule has 17 heavy (non-hydrogen) atoms. The van der Waals surface area contributed by atoms with E-state index in [-0.39, 0.29) is 11.7 Å². The van der Waals surface area contributed by atoms with E-state index in [4.69, 9.17) is 5.11 Å². The highest BCUT2D eigenvalue weighted by Gasteiger charge is 2.42. The van der Waals surface area contributed by atoms with Crippen molar-refractivity contribution in [3.05, 3.63) is 29.3 Å². The van der Waals surface area contributed by atoms with E-state index in [1.807, 2.05) is 13.8 Å². The second-order valence-electron chi connectivity index (χ2n) is 4.10. The number of aryl methyl sites for hydroxylation is 1. The van der Waals surface area contributed by atoms with E-state index in [9.17, 15) is 13.6 Å². The molecule has 0 aliphatic carbocycles. The summed E-state index contributed by atoms with van der Waals surface area (Å²) in [4.78, 5) is 10.2. The summed E-state index contributed by atoms with van der Waals surface area (Å²) in [5.41, 5.74) is 1.80. The van der Waals surface area contributed by atoms with Crippen LogP contribution in [0.2, 0.25) is 0 Å². The monoisotopic (exact) mass is 244 g/mol. The molecule has 1 aromatic rings. The van der Waals surface area contributed by atoms with Crippen LogP contribution >= 0.6 is 0 Å². The summed E-state index contributed by atoms with van der Waals surface area (Å²) in [5, 5.41) is 8.24. The molecular formula is C12H14F2O3. The van der Waals surface area contributed by atoms with E-state index in [0.717, 1.165) is 11.1 Å². The van der Waals surface area contributed by atoms with Crippen LogP contribution in [0.15, 0.2) is 18.2 Å². The topological polar surface area (TPSA) is 46.5 Å². The van der Waals surface area contributed by atoms with Crippen LogP contribution < -0.4 is 4.74 Å². The summed E-state index contributed by atoms with van der Waals surface area (Å²) in [5.74, 6) is -2.19. The molecule has 0 fully saturated rings. The standard InChI is InChI=1S/C12H14F2O3/c1-7(2)10-5-4-9(6-8(10)3)17-12(13,14)11(15)16/h4-7H,1-3H3,(H,15,16). The van der Waals surface area contributed by atoms with Crippen LogP contribution in [0.3, 0.4) is 0 Å². The van der Waals surface area contributed by atoms with Gasteiger partial charge in [0.25, 0.3) is 0 Å². The van der Waals surface area contributed by atoms with Crippen LogP contribution in [0.5, 0.6) is 5.75 Å². The maximum Gasteiger partial charge on any atom is 0.501 e. The zero-order valence-electron chi connectivity index (χ0n) is 9.83. The molecule has 1 rings (SSSR count). The van der Waals surface area contributed by atoms with Gasteiger partial charge in [-0.1, -0.05) is 19.9 Å². The van der Waals surface area contributed by atoms with Gasteiger partial charge in [0.15, 0.2) is 0 Å². The predicted octanol–water partition coefficient (Wildman–Crippen LogP) is 3.17. The first-order valence-corrected chi connectivity index (χ1v) is 5.15. The maximum absolute atomic E-state index is 12.8. The number of benzene rings is 1. The highest BCUT2D eigenvalue weighted by molar-refractivity contribution is 5.73. The summed E-state index contributed by atoms with van der Waals surface area (Å²) in [6, 6.07) is 4.42. The molecule has 0 atom stereocenters. The summed E-state index contributed by atoms with van der Waals surface area (Å²) in [6.07, 6.45) is -4.20. The lowest BCUT2D eigenvalue weighted by atomic mass is 9.98. The van der Waals surface area contributed by atoms with Crippen molar-refractivity contribution in [2.75, 3.05) is 0 Å². The molecule has 5 heteroatoms. The second kappa shape index (κ2) is 4.69. The smallest absolute Gasteiger partial charge is 0.474 e. The van der Waals surface area contributed by atoms with Crippen molar-refractivity contribution in [3.63, 3.8) is 0 Å². The van der Waals surface area contributed by atoms with Crippen molar-refractivity contribution in [2.24, 2.45) is 0 Å². The molecule has 0 aliphatic rings.